The van der Waals surface area contributed by atoms with Gasteiger partial charge in [0.2, 0.25) is 0 Å². The van der Waals surface area contributed by atoms with Crippen LogP contribution in [0.25, 0.3) is 11.0 Å². The number of fused-ring (bicyclic) bond motifs is 1. The molecule has 1 aromatic heterocycles. The van der Waals surface area contributed by atoms with Crippen LogP contribution >= 0.6 is 0 Å². The molecule has 0 spiro atoms. The van der Waals surface area contributed by atoms with Crippen LogP contribution in [0.3, 0.4) is 0 Å². The van der Waals surface area contributed by atoms with E-state index in [1.54, 1.807) is 0 Å². The third-order valence-electron chi connectivity index (χ3n) is 4.26. The first-order valence-electron chi connectivity index (χ1n) is 7.83. The Morgan fingerprint density at radius 2 is 1.85 bits per heavy atom. The summed E-state index contributed by atoms with van der Waals surface area (Å²) in [7, 11) is 0. The summed E-state index contributed by atoms with van der Waals surface area (Å²) in [6, 6.07) is 8.03. The highest BCUT2D eigenvalue weighted by Crippen LogP contribution is 2.25. The number of benzene rings is 1. The Balaban J connectivity index is 1.47. The molecule has 1 N–H and O–H groups in total. The molecule has 1 aliphatic carbocycles. The van der Waals surface area contributed by atoms with Gasteiger partial charge in [-0.1, -0.05) is 44.2 Å². The molecule has 1 fully saturated rings. The van der Waals surface area contributed by atoms with Gasteiger partial charge >= 0.3 is 0 Å². The molecule has 3 nitrogen and oxygen atoms in total. The maximum absolute atomic E-state index is 4.63. The molecule has 1 heterocycles. The molecule has 0 atom stereocenters. The summed E-state index contributed by atoms with van der Waals surface area (Å²) in [5.41, 5.74) is 2.99. The maximum atomic E-state index is 4.63. The van der Waals surface area contributed by atoms with Crippen LogP contribution in [0.1, 0.15) is 44.2 Å². The van der Waals surface area contributed by atoms with Crippen LogP contribution in [-0.2, 0) is 6.54 Å². The van der Waals surface area contributed by atoms with E-state index in [1.807, 2.05) is 30.5 Å². The number of aromatic nitrogens is 2. The Morgan fingerprint density at radius 1 is 1.05 bits per heavy atom. The Morgan fingerprint density at radius 3 is 2.70 bits per heavy atom. The number of para-hydroxylation sites is 2. The van der Waals surface area contributed by atoms with E-state index in [0.29, 0.717) is 0 Å². The topological polar surface area (TPSA) is 37.8 Å². The van der Waals surface area contributed by atoms with Crippen molar-refractivity contribution < 1.29 is 0 Å². The summed E-state index contributed by atoms with van der Waals surface area (Å²) in [5.74, 6) is 0.943. The smallest absolute Gasteiger partial charge is 0.0890 e. The van der Waals surface area contributed by atoms with Crippen molar-refractivity contribution in [3.8, 4) is 0 Å². The second-order valence-electron chi connectivity index (χ2n) is 5.82. The largest absolute Gasteiger partial charge is 0.311 e. The minimum absolute atomic E-state index is 0.824. The van der Waals surface area contributed by atoms with Crippen molar-refractivity contribution in [3.05, 3.63) is 36.2 Å². The van der Waals surface area contributed by atoms with E-state index in [0.717, 1.165) is 35.7 Å². The van der Waals surface area contributed by atoms with Crippen molar-refractivity contribution in [2.75, 3.05) is 6.54 Å². The zero-order valence-electron chi connectivity index (χ0n) is 12.0. The van der Waals surface area contributed by atoms with Crippen LogP contribution in [0.15, 0.2) is 30.5 Å². The van der Waals surface area contributed by atoms with Gasteiger partial charge in [-0.05, 0) is 31.0 Å². The van der Waals surface area contributed by atoms with E-state index in [1.165, 1.54) is 38.5 Å². The van der Waals surface area contributed by atoms with Crippen molar-refractivity contribution in [2.24, 2.45) is 5.92 Å². The fourth-order valence-electron chi connectivity index (χ4n) is 3.08. The fraction of sp³-hybridized carbons (Fsp3) is 0.529. The van der Waals surface area contributed by atoms with Crippen molar-refractivity contribution >= 4 is 11.0 Å². The number of nitrogens with zero attached hydrogens (tertiary/aromatic N) is 2. The predicted octanol–water partition coefficient (Wildman–Crippen LogP) is 3.69. The second-order valence-corrected chi connectivity index (χ2v) is 5.82. The van der Waals surface area contributed by atoms with Gasteiger partial charge in [-0.2, -0.15) is 0 Å². The van der Waals surface area contributed by atoms with Crippen LogP contribution in [0, 0.1) is 5.92 Å². The average molecular weight is 269 g/mol. The SMILES string of the molecule is c1ccc2nc(CNCCC3CCCCC3)cnc2c1. The van der Waals surface area contributed by atoms with Crippen LogP contribution < -0.4 is 5.32 Å². The van der Waals surface area contributed by atoms with E-state index in [2.05, 4.69) is 15.3 Å². The van der Waals surface area contributed by atoms with Crippen molar-refractivity contribution in [1.82, 2.24) is 15.3 Å². The van der Waals surface area contributed by atoms with E-state index in [4.69, 9.17) is 0 Å². The Labute approximate surface area is 120 Å². The maximum Gasteiger partial charge on any atom is 0.0890 e. The van der Waals surface area contributed by atoms with Crippen molar-refractivity contribution in [2.45, 2.75) is 45.1 Å². The van der Waals surface area contributed by atoms with Gasteiger partial charge in [0.15, 0.2) is 0 Å². The molecule has 3 heteroatoms. The minimum Gasteiger partial charge on any atom is -0.311 e. The van der Waals surface area contributed by atoms with Crippen LogP contribution in [0.4, 0.5) is 0 Å². The van der Waals surface area contributed by atoms with Gasteiger partial charge in [0.05, 0.1) is 22.9 Å². The van der Waals surface area contributed by atoms with E-state index < -0.39 is 0 Å². The average Bonchev–Trinajstić information content (AvgIpc) is 2.52. The summed E-state index contributed by atoms with van der Waals surface area (Å²) in [4.78, 5) is 9.08. The Kier molecular flexibility index (Phi) is 4.59. The first-order chi connectivity index (χ1) is 9.92. The lowest BCUT2D eigenvalue weighted by Crippen LogP contribution is -2.19. The quantitative estimate of drug-likeness (QED) is 0.841. The van der Waals surface area contributed by atoms with Gasteiger partial charge in [-0.25, -0.2) is 4.98 Å². The molecule has 0 unspecified atom stereocenters. The third-order valence-corrected chi connectivity index (χ3v) is 4.26. The molecule has 2 aromatic rings. The molecule has 106 valence electrons. The van der Waals surface area contributed by atoms with Gasteiger partial charge in [-0.3, -0.25) is 4.98 Å². The van der Waals surface area contributed by atoms with Gasteiger partial charge in [0.25, 0.3) is 0 Å². The van der Waals surface area contributed by atoms with Crippen molar-refractivity contribution in [1.29, 1.82) is 0 Å². The molecule has 0 saturated heterocycles. The first-order valence-corrected chi connectivity index (χ1v) is 7.83. The summed E-state index contributed by atoms with van der Waals surface area (Å²) in [6.45, 7) is 1.92. The number of hydrogen-bond donors (Lipinski definition) is 1. The van der Waals surface area contributed by atoms with Gasteiger partial charge in [0, 0.05) is 6.54 Å². The van der Waals surface area contributed by atoms with Crippen LogP contribution in [0.2, 0.25) is 0 Å². The van der Waals surface area contributed by atoms with E-state index in [9.17, 15) is 0 Å². The summed E-state index contributed by atoms with van der Waals surface area (Å²) < 4.78 is 0. The zero-order valence-corrected chi connectivity index (χ0v) is 12.0. The summed E-state index contributed by atoms with van der Waals surface area (Å²) in [6.07, 6.45) is 10.4. The Bertz CT molecular complexity index is 547. The van der Waals surface area contributed by atoms with E-state index >= 15 is 0 Å². The standard InChI is InChI=1S/C17H23N3/c1-2-6-14(7-3-1)10-11-18-12-15-13-19-16-8-4-5-9-17(16)20-15/h4-5,8-9,13-14,18H,1-3,6-7,10-12H2. The molecule has 1 aromatic carbocycles. The normalized spacial score (nSPS) is 16.6. The molecule has 3 rings (SSSR count). The fourth-order valence-corrected chi connectivity index (χ4v) is 3.08. The third kappa shape index (κ3) is 3.54. The first kappa shape index (κ1) is 13.5. The monoisotopic (exact) mass is 269 g/mol. The molecule has 0 amide bonds. The molecule has 1 saturated carbocycles. The number of rotatable bonds is 5. The summed E-state index contributed by atoms with van der Waals surface area (Å²) in [5, 5.41) is 3.51. The van der Waals surface area contributed by atoms with Crippen LogP contribution in [-0.4, -0.2) is 16.5 Å². The molecule has 0 radical (unpaired) electrons. The minimum atomic E-state index is 0.824. The van der Waals surface area contributed by atoms with E-state index in [-0.39, 0.29) is 0 Å². The molecule has 1 aliphatic rings. The van der Waals surface area contributed by atoms with Gasteiger partial charge in [0.1, 0.15) is 0 Å². The molecule has 20 heavy (non-hydrogen) atoms. The van der Waals surface area contributed by atoms with Crippen molar-refractivity contribution in [3.63, 3.8) is 0 Å². The predicted molar refractivity (Wildman–Crippen MR) is 82.4 cm³/mol. The van der Waals surface area contributed by atoms with Gasteiger partial charge < -0.3 is 5.32 Å². The lowest BCUT2D eigenvalue weighted by molar-refractivity contribution is 0.333. The lowest BCUT2D eigenvalue weighted by Gasteiger charge is -2.21. The second kappa shape index (κ2) is 6.80. The molecule has 0 aliphatic heterocycles. The highest BCUT2D eigenvalue weighted by atomic mass is 14.9. The highest BCUT2D eigenvalue weighted by Gasteiger charge is 2.12. The molecular formula is C17H23N3. The highest BCUT2D eigenvalue weighted by molar-refractivity contribution is 5.73. The molecule has 0 bridgehead atoms. The lowest BCUT2D eigenvalue weighted by atomic mass is 9.87. The molecular weight excluding hydrogens is 246 g/mol. The van der Waals surface area contributed by atoms with Crippen LogP contribution in [0.5, 0.6) is 0 Å². The zero-order chi connectivity index (χ0) is 13.6. The van der Waals surface area contributed by atoms with Gasteiger partial charge in [-0.15, -0.1) is 0 Å². The number of nitrogens with one attached hydrogen (secondary N) is 1. The summed E-state index contributed by atoms with van der Waals surface area (Å²) >= 11 is 0. The number of hydrogen-bond acceptors (Lipinski definition) is 3. The Hall–Kier alpha value is -1.48.